The smallest absolute Gasteiger partial charge is 0.262 e. The van der Waals surface area contributed by atoms with Crippen LogP contribution in [0.3, 0.4) is 0 Å². The van der Waals surface area contributed by atoms with E-state index in [1.54, 1.807) is 7.11 Å². The van der Waals surface area contributed by atoms with Crippen LogP contribution in [0.5, 0.6) is 5.75 Å². The predicted octanol–water partition coefficient (Wildman–Crippen LogP) is 2.79. The Morgan fingerprint density at radius 1 is 1.33 bits per heavy atom. The summed E-state index contributed by atoms with van der Waals surface area (Å²) < 4.78 is 32.1. The van der Waals surface area contributed by atoms with Crippen LogP contribution in [0.1, 0.15) is 30.9 Å². The highest BCUT2D eigenvalue weighted by Gasteiger charge is 2.42. The topological polar surface area (TPSA) is 53.6 Å². The van der Waals surface area contributed by atoms with E-state index in [4.69, 9.17) is 4.74 Å². The number of carbonyl (C=O) groups is 1. The van der Waals surface area contributed by atoms with E-state index in [2.05, 4.69) is 15.5 Å². The lowest BCUT2D eigenvalue weighted by Crippen LogP contribution is -2.44. The van der Waals surface area contributed by atoms with Crippen LogP contribution in [0.2, 0.25) is 0 Å². The molecule has 5 nitrogen and oxygen atoms in total. The van der Waals surface area contributed by atoms with Gasteiger partial charge in [0.25, 0.3) is 5.92 Å². The Balaban J connectivity index is 0.00000182. The summed E-state index contributed by atoms with van der Waals surface area (Å²) in [6.45, 7) is 1.85. The highest BCUT2D eigenvalue weighted by Crippen LogP contribution is 2.31. The second-order valence-corrected chi connectivity index (χ2v) is 6.74. The maximum Gasteiger partial charge on any atom is 0.262 e. The van der Waals surface area contributed by atoms with Crippen molar-refractivity contribution in [3.63, 3.8) is 0 Å². The Morgan fingerprint density at radius 3 is 2.59 bits per heavy atom. The summed E-state index contributed by atoms with van der Waals surface area (Å²) in [5.41, 5.74) is 1.01. The Kier molecular flexibility index (Phi) is 9.21. The van der Waals surface area contributed by atoms with Crippen molar-refractivity contribution in [2.75, 3.05) is 33.3 Å². The number of alkyl halides is 2. The van der Waals surface area contributed by atoms with Crippen LogP contribution >= 0.6 is 24.8 Å². The van der Waals surface area contributed by atoms with Gasteiger partial charge in [0.2, 0.25) is 5.91 Å². The Hall–Kier alpha value is -1.15. The van der Waals surface area contributed by atoms with Crippen molar-refractivity contribution in [3.8, 4) is 5.75 Å². The molecule has 2 N–H and O–H groups in total. The Morgan fingerprint density at radius 2 is 2.00 bits per heavy atom. The first-order valence-electron chi connectivity index (χ1n) is 8.76. The summed E-state index contributed by atoms with van der Waals surface area (Å²) in [6, 6.07) is 6.90. The number of likely N-dealkylation sites (tertiary alicyclic amines) is 1. The quantitative estimate of drug-likeness (QED) is 0.735. The molecule has 0 aromatic heterocycles. The molecule has 0 saturated carbocycles. The van der Waals surface area contributed by atoms with Gasteiger partial charge >= 0.3 is 0 Å². The highest BCUT2D eigenvalue weighted by atomic mass is 35.5. The van der Waals surface area contributed by atoms with E-state index >= 15 is 0 Å². The number of halogens is 4. The first-order chi connectivity index (χ1) is 12.0. The summed E-state index contributed by atoms with van der Waals surface area (Å²) in [5.74, 6) is -2.39. The largest absolute Gasteiger partial charge is 0.496 e. The minimum Gasteiger partial charge on any atom is -0.496 e. The molecule has 9 heteroatoms. The van der Waals surface area contributed by atoms with Crippen LogP contribution in [0.4, 0.5) is 8.78 Å². The van der Waals surface area contributed by atoms with Crippen molar-refractivity contribution in [2.24, 2.45) is 0 Å². The third kappa shape index (κ3) is 5.91. The van der Waals surface area contributed by atoms with E-state index in [1.165, 1.54) is 0 Å². The zero-order valence-electron chi connectivity index (χ0n) is 15.2. The SMILES string of the molecule is COc1ccccc1C(CNC(=O)C1CC(F)(F)CN1)N1CCCC1.Cl.Cl. The molecule has 154 valence electrons. The Labute approximate surface area is 171 Å². The van der Waals surface area contributed by atoms with Crippen molar-refractivity contribution in [1.82, 2.24) is 15.5 Å². The lowest BCUT2D eigenvalue weighted by molar-refractivity contribution is -0.123. The number of hydrogen-bond donors (Lipinski definition) is 2. The molecule has 0 radical (unpaired) electrons. The molecule has 2 atom stereocenters. The van der Waals surface area contributed by atoms with Gasteiger partial charge in [-0.1, -0.05) is 18.2 Å². The molecule has 2 fully saturated rings. The molecule has 27 heavy (non-hydrogen) atoms. The van der Waals surface area contributed by atoms with Gasteiger partial charge in [-0.05, 0) is 32.0 Å². The van der Waals surface area contributed by atoms with E-state index in [0.717, 1.165) is 37.2 Å². The van der Waals surface area contributed by atoms with Gasteiger partial charge in [0.05, 0.1) is 25.7 Å². The van der Waals surface area contributed by atoms with Gasteiger partial charge in [0.15, 0.2) is 0 Å². The number of nitrogens with zero attached hydrogens (tertiary/aromatic N) is 1. The summed E-state index contributed by atoms with van der Waals surface area (Å²) in [7, 11) is 1.63. The molecule has 2 aliphatic rings. The summed E-state index contributed by atoms with van der Waals surface area (Å²) in [4.78, 5) is 14.6. The maximum atomic E-state index is 13.3. The zero-order chi connectivity index (χ0) is 17.9. The fourth-order valence-electron chi connectivity index (χ4n) is 3.65. The highest BCUT2D eigenvalue weighted by molar-refractivity contribution is 5.85. The average Bonchev–Trinajstić information content (AvgIpc) is 3.25. The molecular formula is C18H27Cl2F2N3O2. The van der Waals surface area contributed by atoms with Crippen LogP contribution in [-0.2, 0) is 4.79 Å². The molecule has 3 rings (SSSR count). The van der Waals surface area contributed by atoms with E-state index in [0.29, 0.717) is 6.54 Å². The van der Waals surface area contributed by atoms with E-state index in [1.807, 2.05) is 24.3 Å². The summed E-state index contributed by atoms with van der Waals surface area (Å²) >= 11 is 0. The number of carbonyl (C=O) groups excluding carboxylic acids is 1. The normalized spacial score (nSPS) is 22.4. The van der Waals surface area contributed by atoms with E-state index in [-0.39, 0.29) is 36.8 Å². The van der Waals surface area contributed by atoms with Gasteiger partial charge in [-0.3, -0.25) is 15.0 Å². The standard InChI is InChI=1S/C18H25F2N3O2.2ClH/c1-25-16-7-3-2-6-13(16)15(23-8-4-5-9-23)11-21-17(24)14-10-18(19,20)12-22-14;;/h2-3,6-7,14-15,22H,4-5,8-12H2,1H3,(H,21,24);2*1H. The number of para-hydroxylation sites is 1. The van der Waals surface area contributed by atoms with Crippen LogP contribution in [0.25, 0.3) is 0 Å². The third-order valence-corrected chi connectivity index (χ3v) is 4.98. The number of nitrogens with one attached hydrogen (secondary N) is 2. The second kappa shape index (κ2) is 10.4. The monoisotopic (exact) mass is 425 g/mol. The van der Waals surface area contributed by atoms with Crippen LogP contribution in [-0.4, -0.2) is 56.1 Å². The number of amides is 1. The summed E-state index contributed by atoms with van der Waals surface area (Å²) in [5, 5.41) is 5.46. The lowest BCUT2D eigenvalue weighted by atomic mass is 10.0. The number of ether oxygens (including phenoxy) is 1. The van der Waals surface area contributed by atoms with Gasteiger partial charge in [0.1, 0.15) is 5.75 Å². The summed E-state index contributed by atoms with van der Waals surface area (Å²) in [6.07, 6.45) is 1.80. The first-order valence-corrected chi connectivity index (χ1v) is 8.76. The second-order valence-electron chi connectivity index (χ2n) is 6.74. The molecular weight excluding hydrogens is 399 g/mol. The molecule has 0 bridgehead atoms. The molecule has 2 saturated heterocycles. The van der Waals surface area contributed by atoms with Crippen molar-refractivity contribution >= 4 is 30.7 Å². The van der Waals surface area contributed by atoms with E-state index < -0.39 is 24.9 Å². The molecule has 0 spiro atoms. The van der Waals surface area contributed by atoms with Crippen molar-refractivity contribution in [2.45, 2.75) is 37.3 Å². The van der Waals surface area contributed by atoms with Crippen LogP contribution in [0, 0.1) is 0 Å². The Bertz CT molecular complexity index is 616. The molecule has 2 aliphatic heterocycles. The minimum atomic E-state index is -2.81. The first kappa shape index (κ1) is 23.9. The molecule has 0 aliphatic carbocycles. The molecule has 1 aromatic rings. The maximum absolute atomic E-state index is 13.3. The van der Waals surface area contributed by atoms with Gasteiger partial charge in [-0.25, -0.2) is 8.78 Å². The molecule has 1 aromatic carbocycles. The number of hydrogen-bond acceptors (Lipinski definition) is 4. The fraction of sp³-hybridized carbons (Fsp3) is 0.611. The zero-order valence-corrected chi connectivity index (χ0v) is 16.9. The predicted molar refractivity (Wildman–Crippen MR) is 105 cm³/mol. The van der Waals surface area contributed by atoms with Crippen molar-refractivity contribution in [3.05, 3.63) is 29.8 Å². The van der Waals surface area contributed by atoms with Crippen LogP contribution in [0.15, 0.2) is 24.3 Å². The molecule has 2 heterocycles. The number of benzene rings is 1. The molecule has 2 unspecified atom stereocenters. The third-order valence-electron chi connectivity index (χ3n) is 4.98. The van der Waals surface area contributed by atoms with Gasteiger partial charge in [-0.2, -0.15) is 0 Å². The minimum absolute atomic E-state index is 0. The van der Waals surface area contributed by atoms with Gasteiger partial charge < -0.3 is 10.1 Å². The van der Waals surface area contributed by atoms with E-state index in [9.17, 15) is 13.6 Å². The van der Waals surface area contributed by atoms with Gasteiger partial charge in [-0.15, -0.1) is 24.8 Å². The number of rotatable bonds is 6. The van der Waals surface area contributed by atoms with Crippen LogP contribution < -0.4 is 15.4 Å². The average molecular weight is 426 g/mol. The number of methoxy groups -OCH3 is 1. The van der Waals surface area contributed by atoms with Crippen molar-refractivity contribution in [1.29, 1.82) is 0 Å². The molecule has 1 amide bonds. The van der Waals surface area contributed by atoms with Crippen molar-refractivity contribution < 1.29 is 18.3 Å². The van der Waals surface area contributed by atoms with Gasteiger partial charge in [0, 0.05) is 18.5 Å². The lowest BCUT2D eigenvalue weighted by Gasteiger charge is -2.29. The fourth-order valence-corrected chi connectivity index (χ4v) is 3.65.